The van der Waals surface area contributed by atoms with Crippen molar-refractivity contribution >= 4 is 49.5 Å². The van der Waals surface area contributed by atoms with Crippen molar-refractivity contribution in [3.05, 3.63) is 61.5 Å². The van der Waals surface area contributed by atoms with Gasteiger partial charge in [0.15, 0.2) is 0 Å². The van der Waals surface area contributed by atoms with Crippen LogP contribution in [0.1, 0.15) is 49.3 Å². The summed E-state index contributed by atoms with van der Waals surface area (Å²) in [6.45, 7) is 6.74. The first-order valence-corrected chi connectivity index (χ1v) is 11.6. The number of nitrogens with one attached hydrogen (secondary N) is 1. The third-order valence-electron chi connectivity index (χ3n) is 4.57. The molecular weight excluding hydrogens is 508 g/mol. The molecule has 2 rings (SSSR count). The minimum Gasteiger partial charge on any atom is -0.491 e. The van der Waals surface area contributed by atoms with E-state index in [4.69, 9.17) is 4.74 Å². The lowest BCUT2D eigenvalue weighted by Crippen LogP contribution is -2.14. The molecule has 0 atom stereocenters. The molecule has 0 saturated heterocycles. The summed E-state index contributed by atoms with van der Waals surface area (Å²) in [4.78, 5) is 12.6. The largest absolute Gasteiger partial charge is 0.491 e. The second kappa shape index (κ2) is 11.9. The minimum absolute atomic E-state index is 0.0296. The molecule has 0 heterocycles. The van der Waals surface area contributed by atoms with E-state index in [9.17, 15) is 10.1 Å². The Morgan fingerprint density at radius 1 is 1.13 bits per heavy atom. The fourth-order valence-corrected chi connectivity index (χ4v) is 4.41. The lowest BCUT2D eigenvalue weighted by atomic mass is 10.1. The molecule has 0 aliphatic carbocycles. The van der Waals surface area contributed by atoms with Gasteiger partial charge < -0.3 is 10.1 Å². The predicted octanol–water partition coefficient (Wildman–Crippen LogP) is 7.33. The predicted molar refractivity (Wildman–Crippen MR) is 130 cm³/mol. The van der Waals surface area contributed by atoms with Crippen LogP contribution in [0.25, 0.3) is 6.08 Å². The molecule has 0 aromatic heterocycles. The molecule has 0 aliphatic heterocycles. The van der Waals surface area contributed by atoms with E-state index in [1.807, 2.05) is 50.2 Å². The summed E-state index contributed by atoms with van der Waals surface area (Å²) in [6, 6.07) is 11.4. The molecule has 0 unspecified atom stereocenters. The molecule has 0 bridgehead atoms. The van der Waals surface area contributed by atoms with E-state index in [0.29, 0.717) is 12.3 Å². The number of amides is 1. The van der Waals surface area contributed by atoms with Crippen molar-refractivity contribution in [3.8, 4) is 11.8 Å². The van der Waals surface area contributed by atoms with Crippen molar-refractivity contribution in [2.45, 2.75) is 46.5 Å². The van der Waals surface area contributed by atoms with Crippen LogP contribution < -0.4 is 10.1 Å². The minimum atomic E-state index is -0.437. The molecule has 158 valence electrons. The number of rotatable bonds is 9. The third kappa shape index (κ3) is 7.00. The highest BCUT2D eigenvalue weighted by Gasteiger charge is 2.13. The second-order valence-electron chi connectivity index (χ2n) is 7.17. The van der Waals surface area contributed by atoms with Crippen LogP contribution in [0, 0.1) is 25.2 Å². The lowest BCUT2D eigenvalue weighted by Gasteiger charge is -2.12. The molecule has 1 amide bonds. The Morgan fingerprint density at radius 3 is 2.43 bits per heavy atom. The third-order valence-corrected chi connectivity index (χ3v) is 5.75. The number of aryl methyl sites for hydroxylation is 2. The van der Waals surface area contributed by atoms with Gasteiger partial charge >= 0.3 is 0 Å². The topological polar surface area (TPSA) is 62.1 Å². The average Bonchev–Trinajstić information content (AvgIpc) is 2.69. The zero-order valence-electron chi connectivity index (χ0n) is 17.5. The van der Waals surface area contributed by atoms with Crippen LogP contribution in [0.3, 0.4) is 0 Å². The molecule has 1 N–H and O–H groups in total. The molecule has 0 spiro atoms. The van der Waals surface area contributed by atoms with Crippen molar-refractivity contribution in [1.82, 2.24) is 0 Å². The molecule has 0 saturated carbocycles. The molecular formula is C24H26Br2N2O2. The van der Waals surface area contributed by atoms with E-state index in [-0.39, 0.29) is 5.57 Å². The van der Waals surface area contributed by atoms with Gasteiger partial charge in [-0.25, -0.2) is 0 Å². The number of unbranched alkanes of at least 4 members (excludes halogenated alkanes) is 3. The van der Waals surface area contributed by atoms with Crippen molar-refractivity contribution in [3.63, 3.8) is 0 Å². The molecule has 6 heteroatoms. The van der Waals surface area contributed by atoms with Gasteiger partial charge in [-0.15, -0.1) is 0 Å². The van der Waals surface area contributed by atoms with Crippen LogP contribution in [-0.4, -0.2) is 12.5 Å². The number of hydrogen-bond acceptors (Lipinski definition) is 3. The number of benzene rings is 2. The number of carbonyl (C=O) groups excluding carboxylic acids is 1. The van der Waals surface area contributed by atoms with Crippen molar-refractivity contribution in [2.24, 2.45) is 0 Å². The van der Waals surface area contributed by atoms with E-state index in [0.717, 1.165) is 44.2 Å². The molecule has 4 nitrogen and oxygen atoms in total. The number of halogens is 2. The summed E-state index contributed by atoms with van der Waals surface area (Å²) in [5.41, 5.74) is 3.51. The van der Waals surface area contributed by atoms with Gasteiger partial charge in [0.05, 0.1) is 15.6 Å². The first-order valence-electron chi connectivity index (χ1n) is 9.98. The molecule has 2 aromatic rings. The average molecular weight is 534 g/mol. The summed E-state index contributed by atoms with van der Waals surface area (Å²) in [7, 11) is 0. The zero-order chi connectivity index (χ0) is 22.1. The first-order chi connectivity index (χ1) is 14.3. The molecule has 0 fully saturated rings. The fourth-order valence-electron chi connectivity index (χ4n) is 2.96. The molecule has 0 aliphatic rings. The molecule has 2 aromatic carbocycles. The van der Waals surface area contributed by atoms with Gasteiger partial charge in [-0.2, -0.15) is 5.26 Å². The Labute approximate surface area is 195 Å². The highest BCUT2D eigenvalue weighted by atomic mass is 79.9. The summed E-state index contributed by atoms with van der Waals surface area (Å²) >= 11 is 7.06. The van der Waals surface area contributed by atoms with Gasteiger partial charge in [-0.3, -0.25) is 4.79 Å². The van der Waals surface area contributed by atoms with Crippen LogP contribution in [0.5, 0.6) is 5.75 Å². The Morgan fingerprint density at radius 2 is 1.83 bits per heavy atom. The number of ether oxygens (including phenoxy) is 1. The molecule has 0 radical (unpaired) electrons. The summed E-state index contributed by atoms with van der Waals surface area (Å²) in [5.74, 6) is 0.287. The summed E-state index contributed by atoms with van der Waals surface area (Å²) in [6.07, 6.45) is 6.11. The monoisotopic (exact) mass is 532 g/mol. The van der Waals surface area contributed by atoms with Crippen molar-refractivity contribution in [2.75, 3.05) is 11.9 Å². The smallest absolute Gasteiger partial charge is 0.266 e. The Bertz CT molecular complexity index is 955. The van der Waals surface area contributed by atoms with Gasteiger partial charge in [-0.1, -0.05) is 43.9 Å². The number of anilines is 1. The van der Waals surface area contributed by atoms with Gasteiger partial charge in [0.1, 0.15) is 17.4 Å². The highest BCUT2D eigenvalue weighted by molar-refractivity contribution is 9.11. The number of nitrogens with zero attached hydrogens (tertiary/aromatic N) is 1. The van der Waals surface area contributed by atoms with Gasteiger partial charge in [-0.05, 0) is 87.5 Å². The van der Waals surface area contributed by atoms with Gasteiger partial charge in [0.25, 0.3) is 5.91 Å². The maximum atomic E-state index is 12.6. The normalized spacial score (nSPS) is 11.1. The van der Waals surface area contributed by atoms with Crippen LogP contribution in [-0.2, 0) is 4.79 Å². The van der Waals surface area contributed by atoms with E-state index in [1.165, 1.54) is 12.8 Å². The van der Waals surface area contributed by atoms with Crippen molar-refractivity contribution < 1.29 is 9.53 Å². The Kier molecular flexibility index (Phi) is 9.61. The number of hydrogen-bond donors (Lipinski definition) is 1. The Balaban J connectivity index is 2.14. The van der Waals surface area contributed by atoms with Gasteiger partial charge in [0, 0.05) is 5.69 Å². The Hall–Kier alpha value is -2.10. The highest BCUT2D eigenvalue weighted by Crippen LogP contribution is 2.35. The second-order valence-corrected chi connectivity index (χ2v) is 8.87. The van der Waals surface area contributed by atoms with Crippen LogP contribution >= 0.6 is 31.9 Å². The maximum absolute atomic E-state index is 12.6. The van der Waals surface area contributed by atoms with Crippen LogP contribution in [0.2, 0.25) is 0 Å². The number of carbonyl (C=O) groups is 1. The molecule has 30 heavy (non-hydrogen) atoms. The maximum Gasteiger partial charge on any atom is 0.266 e. The van der Waals surface area contributed by atoms with Crippen LogP contribution in [0.4, 0.5) is 5.69 Å². The van der Waals surface area contributed by atoms with E-state index < -0.39 is 5.91 Å². The van der Waals surface area contributed by atoms with Gasteiger partial charge in [0.2, 0.25) is 0 Å². The standard InChI is InChI=1S/C24H26Br2N2O2/c1-4-5-6-7-10-30-23-20(25)13-18(14-21(23)26)12-19(15-27)24(29)28-22-9-8-16(2)11-17(22)3/h8-9,11-14H,4-7,10H2,1-3H3,(H,28,29)/b19-12+. The summed E-state index contributed by atoms with van der Waals surface area (Å²) in [5, 5.41) is 12.3. The van der Waals surface area contributed by atoms with Crippen molar-refractivity contribution in [1.29, 1.82) is 5.26 Å². The lowest BCUT2D eigenvalue weighted by molar-refractivity contribution is -0.112. The van der Waals surface area contributed by atoms with E-state index in [1.54, 1.807) is 6.08 Å². The number of nitriles is 1. The fraction of sp³-hybridized carbons (Fsp3) is 0.333. The quantitative estimate of drug-likeness (QED) is 0.208. The van der Waals surface area contributed by atoms with E-state index >= 15 is 0 Å². The summed E-state index contributed by atoms with van der Waals surface area (Å²) < 4.78 is 7.43. The van der Waals surface area contributed by atoms with Crippen LogP contribution in [0.15, 0.2) is 44.9 Å². The zero-order valence-corrected chi connectivity index (χ0v) is 20.7. The SMILES string of the molecule is CCCCCCOc1c(Br)cc(/C=C(\C#N)C(=O)Nc2ccc(C)cc2C)cc1Br. The first kappa shape index (κ1) is 24.2. The van der Waals surface area contributed by atoms with E-state index in [2.05, 4.69) is 44.1 Å².